The summed E-state index contributed by atoms with van der Waals surface area (Å²) in [6.07, 6.45) is 0. The maximum atomic E-state index is 12.8. The Morgan fingerprint density at radius 1 is 0.935 bits per heavy atom. The van der Waals surface area contributed by atoms with Gasteiger partial charge in [-0.05, 0) is 29.8 Å². The van der Waals surface area contributed by atoms with Crippen LogP contribution >= 0.6 is 0 Å². The predicted octanol–water partition coefficient (Wildman–Crippen LogP) is 2.98. The number of hydrogen-bond donors (Lipinski definition) is 2. The molecule has 1 aliphatic heterocycles. The largest absolute Gasteiger partial charge is 0.483 e. The van der Waals surface area contributed by atoms with Crippen LogP contribution in [0, 0.1) is 0 Å². The van der Waals surface area contributed by atoms with Crippen molar-refractivity contribution in [3.63, 3.8) is 0 Å². The highest BCUT2D eigenvalue weighted by Gasteiger charge is 2.27. The number of nitrogens with zero attached hydrogens (tertiary/aromatic N) is 1. The quantitative estimate of drug-likeness (QED) is 0.648. The fourth-order valence-electron chi connectivity index (χ4n) is 3.33. The summed E-state index contributed by atoms with van der Waals surface area (Å²) in [5.41, 5.74) is 2.51. The van der Waals surface area contributed by atoms with Gasteiger partial charge in [0.25, 0.3) is 11.8 Å². The molecule has 0 spiro atoms. The maximum absolute atomic E-state index is 12.8. The van der Waals surface area contributed by atoms with Crippen molar-refractivity contribution in [1.82, 2.24) is 5.32 Å². The van der Waals surface area contributed by atoms with E-state index in [-0.39, 0.29) is 30.9 Å². The standard InChI is InChI=1S/C24H21N3O4/c28-22-15-27(20-12-6-5-11-19(20)26-22)23(29)16-31-21-13-7-4-10-18(21)24(30)25-14-17-8-2-1-3-9-17/h1-13H,14-16H2,(H,25,30)(H,26,28). The molecule has 0 fully saturated rings. The lowest BCUT2D eigenvalue weighted by molar-refractivity contribution is -0.123. The van der Waals surface area contributed by atoms with Crippen LogP contribution in [0.5, 0.6) is 5.75 Å². The normalized spacial score (nSPS) is 12.5. The van der Waals surface area contributed by atoms with E-state index in [1.807, 2.05) is 30.3 Å². The number of carbonyl (C=O) groups excluding carboxylic acids is 3. The molecule has 1 aliphatic rings. The van der Waals surface area contributed by atoms with Crippen LogP contribution in [0.3, 0.4) is 0 Å². The zero-order valence-corrected chi connectivity index (χ0v) is 16.7. The van der Waals surface area contributed by atoms with E-state index < -0.39 is 0 Å². The van der Waals surface area contributed by atoms with E-state index >= 15 is 0 Å². The highest BCUT2D eigenvalue weighted by atomic mass is 16.5. The molecule has 0 bridgehead atoms. The van der Waals surface area contributed by atoms with Crippen molar-refractivity contribution in [2.75, 3.05) is 23.4 Å². The SMILES string of the molecule is O=C1CN(C(=O)COc2ccccc2C(=O)NCc2ccccc2)c2ccccc2N1. The molecule has 0 atom stereocenters. The van der Waals surface area contributed by atoms with Crippen molar-refractivity contribution >= 4 is 29.1 Å². The molecule has 2 N–H and O–H groups in total. The van der Waals surface area contributed by atoms with Crippen LogP contribution in [0.1, 0.15) is 15.9 Å². The first-order chi connectivity index (χ1) is 15.1. The number of amides is 3. The number of carbonyl (C=O) groups is 3. The van der Waals surface area contributed by atoms with Gasteiger partial charge in [-0.15, -0.1) is 0 Å². The minimum Gasteiger partial charge on any atom is -0.483 e. The van der Waals surface area contributed by atoms with Crippen LogP contribution in [-0.4, -0.2) is 30.9 Å². The number of rotatable bonds is 6. The van der Waals surface area contributed by atoms with Gasteiger partial charge in [0.15, 0.2) is 6.61 Å². The van der Waals surface area contributed by atoms with Crippen LogP contribution in [0.4, 0.5) is 11.4 Å². The van der Waals surface area contributed by atoms with Gasteiger partial charge < -0.3 is 15.4 Å². The Kier molecular flexibility index (Phi) is 5.93. The molecule has 0 radical (unpaired) electrons. The van der Waals surface area contributed by atoms with Gasteiger partial charge in [-0.1, -0.05) is 54.6 Å². The Balaban J connectivity index is 1.43. The lowest BCUT2D eigenvalue weighted by atomic mass is 10.1. The van der Waals surface area contributed by atoms with Gasteiger partial charge in [0, 0.05) is 6.54 Å². The summed E-state index contributed by atoms with van der Waals surface area (Å²) in [7, 11) is 0. The first-order valence-corrected chi connectivity index (χ1v) is 9.85. The minimum atomic E-state index is -0.373. The molecule has 7 nitrogen and oxygen atoms in total. The molecule has 3 amide bonds. The molecule has 156 valence electrons. The molecule has 7 heteroatoms. The van der Waals surface area contributed by atoms with Crippen LogP contribution in [0.2, 0.25) is 0 Å². The summed E-state index contributed by atoms with van der Waals surface area (Å²) in [6, 6.07) is 23.4. The lowest BCUT2D eigenvalue weighted by Gasteiger charge is -2.29. The molecular formula is C24H21N3O4. The minimum absolute atomic E-state index is 0.0849. The highest BCUT2D eigenvalue weighted by molar-refractivity contribution is 6.10. The van der Waals surface area contributed by atoms with Crippen molar-refractivity contribution in [3.8, 4) is 5.75 Å². The fourth-order valence-corrected chi connectivity index (χ4v) is 3.33. The first-order valence-electron chi connectivity index (χ1n) is 9.85. The van der Waals surface area contributed by atoms with Gasteiger partial charge in [0.05, 0.1) is 16.9 Å². The van der Waals surface area contributed by atoms with Crippen molar-refractivity contribution in [2.24, 2.45) is 0 Å². The van der Waals surface area contributed by atoms with Gasteiger partial charge in [-0.25, -0.2) is 0 Å². The van der Waals surface area contributed by atoms with Crippen molar-refractivity contribution in [1.29, 1.82) is 0 Å². The maximum Gasteiger partial charge on any atom is 0.265 e. The van der Waals surface area contributed by atoms with Gasteiger partial charge in [0.2, 0.25) is 5.91 Å². The van der Waals surface area contributed by atoms with E-state index in [9.17, 15) is 14.4 Å². The number of anilines is 2. The number of benzene rings is 3. The van der Waals surface area contributed by atoms with Gasteiger partial charge in [0.1, 0.15) is 12.3 Å². The third kappa shape index (κ3) is 4.72. The number of nitrogens with one attached hydrogen (secondary N) is 2. The van der Waals surface area contributed by atoms with Gasteiger partial charge in [-0.3, -0.25) is 19.3 Å². The van der Waals surface area contributed by atoms with E-state index in [0.29, 0.717) is 29.2 Å². The molecule has 3 aromatic rings. The molecule has 0 aromatic heterocycles. The molecule has 1 heterocycles. The lowest BCUT2D eigenvalue weighted by Crippen LogP contribution is -2.44. The summed E-state index contributed by atoms with van der Waals surface area (Å²) >= 11 is 0. The van der Waals surface area contributed by atoms with E-state index in [2.05, 4.69) is 10.6 Å². The van der Waals surface area contributed by atoms with E-state index in [1.165, 1.54) is 4.90 Å². The van der Waals surface area contributed by atoms with E-state index in [4.69, 9.17) is 4.74 Å². The Morgan fingerprint density at radius 3 is 2.48 bits per heavy atom. The summed E-state index contributed by atoms with van der Waals surface area (Å²) < 4.78 is 5.69. The summed E-state index contributed by atoms with van der Waals surface area (Å²) in [4.78, 5) is 38.8. The monoisotopic (exact) mass is 415 g/mol. The number of ether oxygens (including phenoxy) is 1. The second kappa shape index (κ2) is 9.13. The summed E-state index contributed by atoms with van der Waals surface area (Å²) in [5.74, 6) is -0.639. The molecule has 31 heavy (non-hydrogen) atoms. The smallest absolute Gasteiger partial charge is 0.265 e. The van der Waals surface area contributed by atoms with Crippen LogP contribution in [0.15, 0.2) is 78.9 Å². The van der Waals surface area contributed by atoms with Crippen molar-refractivity contribution < 1.29 is 19.1 Å². The zero-order valence-electron chi connectivity index (χ0n) is 16.7. The number of hydrogen-bond acceptors (Lipinski definition) is 4. The van der Waals surface area contributed by atoms with Crippen LogP contribution in [-0.2, 0) is 16.1 Å². The Bertz CT molecular complexity index is 1110. The topological polar surface area (TPSA) is 87.7 Å². The third-order valence-corrected chi connectivity index (χ3v) is 4.85. The highest BCUT2D eigenvalue weighted by Crippen LogP contribution is 2.29. The molecule has 4 rings (SSSR count). The fraction of sp³-hybridized carbons (Fsp3) is 0.125. The molecule has 0 saturated carbocycles. The zero-order chi connectivity index (χ0) is 21.6. The van der Waals surface area contributed by atoms with Crippen molar-refractivity contribution in [2.45, 2.75) is 6.54 Å². The van der Waals surface area contributed by atoms with Gasteiger partial charge in [-0.2, -0.15) is 0 Å². The van der Waals surface area contributed by atoms with Gasteiger partial charge >= 0.3 is 0 Å². The van der Waals surface area contributed by atoms with E-state index in [0.717, 1.165) is 5.56 Å². The average Bonchev–Trinajstić information content (AvgIpc) is 2.81. The molecule has 0 unspecified atom stereocenters. The van der Waals surface area contributed by atoms with E-state index in [1.54, 1.807) is 48.5 Å². The predicted molar refractivity (Wildman–Crippen MR) is 117 cm³/mol. The third-order valence-electron chi connectivity index (χ3n) is 4.85. The van der Waals surface area contributed by atoms with Crippen molar-refractivity contribution in [3.05, 3.63) is 90.0 Å². The number of para-hydroxylation sites is 3. The first kappa shape index (κ1) is 20.2. The Labute approximate surface area is 179 Å². The Hall–Kier alpha value is -4.13. The average molecular weight is 415 g/mol. The van der Waals surface area contributed by atoms with Crippen LogP contribution < -0.4 is 20.3 Å². The second-order valence-corrected chi connectivity index (χ2v) is 7.00. The van der Waals surface area contributed by atoms with Crippen LogP contribution in [0.25, 0.3) is 0 Å². The second-order valence-electron chi connectivity index (χ2n) is 7.00. The Morgan fingerprint density at radius 2 is 1.65 bits per heavy atom. The molecule has 0 saturated heterocycles. The molecule has 3 aromatic carbocycles. The molecular weight excluding hydrogens is 394 g/mol. The summed E-state index contributed by atoms with van der Waals surface area (Å²) in [6.45, 7) is -0.00435. The summed E-state index contributed by atoms with van der Waals surface area (Å²) in [5, 5.41) is 5.60. The molecule has 0 aliphatic carbocycles. The number of fused-ring (bicyclic) bond motifs is 1.